The second-order valence-corrected chi connectivity index (χ2v) is 8.82. The molecule has 1 aliphatic carbocycles. The SMILES string of the molecule is O=C(c1ccc(F)c(F)c1Nc1ccc(I)cc1F)N1CC(O)(CNC2CC2)C1. The van der Waals surface area contributed by atoms with Gasteiger partial charge in [0.2, 0.25) is 0 Å². The molecule has 1 saturated heterocycles. The molecule has 0 unspecified atom stereocenters. The molecule has 0 aromatic heterocycles. The van der Waals surface area contributed by atoms with E-state index in [0.717, 1.165) is 25.0 Å². The molecule has 9 heteroatoms. The number of rotatable bonds is 6. The number of amides is 1. The van der Waals surface area contributed by atoms with Gasteiger partial charge in [0, 0.05) is 16.2 Å². The summed E-state index contributed by atoms with van der Waals surface area (Å²) in [5.74, 6) is -3.62. The van der Waals surface area contributed by atoms with Crippen molar-refractivity contribution in [1.82, 2.24) is 10.2 Å². The van der Waals surface area contributed by atoms with Gasteiger partial charge < -0.3 is 20.6 Å². The smallest absolute Gasteiger partial charge is 0.256 e. The molecular formula is C20H19F3IN3O2. The minimum absolute atomic E-state index is 0.0716. The average molecular weight is 517 g/mol. The first-order valence-corrected chi connectivity index (χ1v) is 10.3. The fourth-order valence-electron chi connectivity index (χ4n) is 3.29. The third-order valence-electron chi connectivity index (χ3n) is 5.07. The van der Waals surface area contributed by atoms with Crippen molar-refractivity contribution in [2.24, 2.45) is 0 Å². The van der Waals surface area contributed by atoms with Crippen LogP contribution in [-0.4, -0.2) is 47.2 Å². The highest BCUT2D eigenvalue weighted by atomic mass is 127. The van der Waals surface area contributed by atoms with Crippen molar-refractivity contribution in [2.45, 2.75) is 24.5 Å². The van der Waals surface area contributed by atoms with Crippen molar-refractivity contribution in [3.63, 3.8) is 0 Å². The molecule has 0 radical (unpaired) electrons. The zero-order valence-electron chi connectivity index (χ0n) is 15.3. The normalized spacial score (nSPS) is 17.8. The number of anilines is 2. The summed E-state index contributed by atoms with van der Waals surface area (Å²) in [6.45, 7) is 0.544. The summed E-state index contributed by atoms with van der Waals surface area (Å²) in [4.78, 5) is 14.2. The van der Waals surface area contributed by atoms with Gasteiger partial charge in [0.05, 0.1) is 30.0 Å². The summed E-state index contributed by atoms with van der Waals surface area (Å²) in [7, 11) is 0. The van der Waals surface area contributed by atoms with E-state index in [2.05, 4.69) is 10.6 Å². The van der Waals surface area contributed by atoms with Crippen LogP contribution in [-0.2, 0) is 0 Å². The van der Waals surface area contributed by atoms with Crippen LogP contribution in [0.3, 0.4) is 0 Å². The van der Waals surface area contributed by atoms with Crippen molar-refractivity contribution in [3.8, 4) is 0 Å². The first-order chi connectivity index (χ1) is 13.8. The van der Waals surface area contributed by atoms with Crippen molar-refractivity contribution >= 4 is 39.9 Å². The van der Waals surface area contributed by atoms with Crippen LogP contribution in [0.4, 0.5) is 24.5 Å². The minimum atomic E-state index is -1.26. The molecule has 3 N–H and O–H groups in total. The van der Waals surface area contributed by atoms with Gasteiger partial charge in [-0.1, -0.05) is 0 Å². The first kappa shape index (κ1) is 20.4. The Balaban J connectivity index is 1.54. The maximum atomic E-state index is 14.5. The number of hydrogen-bond donors (Lipinski definition) is 3. The number of halogens is 4. The lowest BCUT2D eigenvalue weighted by Crippen LogP contribution is -2.67. The Bertz CT molecular complexity index is 962. The minimum Gasteiger partial charge on any atom is -0.385 e. The number of likely N-dealkylation sites (tertiary alicyclic amines) is 1. The van der Waals surface area contributed by atoms with E-state index in [4.69, 9.17) is 0 Å². The van der Waals surface area contributed by atoms with Gasteiger partial charge in [0.15, 0.2) is 11.6 Å². The third kappa shape index (κ3) is 4.36. The van der Waals surface area contributed by atoms with Gasteiger partial charge in [0.25, 0.3) is 5.91 Å². The van der Waals surface area contributed by atoms with Gasteiger partial charge >= 0.3 is 0 Å². The molecule has 0 atom stereocenters. The van der Waals surface area contributed by atoms with Gasteiger partial charge in [0.1, 0.15) is 11.4 Å². The first-order valence-electron chi connectivity index (χ1n) is 9.21. The van der Waals surface area contributed by atoms with Gasteiger partial charge in [-0.15, -0.1) is 0 Å². The Labute approximate surface area is 179 Å². The molecule has 4 rings (SSSR count). The Morgan fingerprint density at radius 1 is 1.17 bits per heavy atom. The Kier molecular flexibility index (Phi) is 5.47. The topological polar surface area (TPSA) is 64.6 Å². The summed E-state index contributed by atoms with van der Waals surface area (Å²) < 4.78 is 43.1. The molecule has 0 bridgehead atoms. The highest BCUT2D eigenvalue weighted by Gasteiger charge is 2.45. The highest BCUT2D eigenvalue weighted by molar-refractivity contribution is 14.1. The summed E-state index contributed by atoms with van der Waals surface area (Å²) >= 11 is 1.93. The number of β-amino-alcohol motifs (C(OH)–C–C–N with tert-alkyl or cyclic N) is 1. The van der Waals surface area contributed by atoms with Crippen LogP contribution in [0, 0.1) is 21.0 Å². The van der Waals surface area contributed by atoms with Crippen molar-refractivity contribution in [3.05, 3.63) is 56.9 Å². The molecule has 2 aliphatic rings. The fraction of sp³-hybridized carbons (Fsp3) is 0.350. The van der Waals surface area contributed by atoms with Crippen molar-refractivity contribution < 1.29 is 23.1 Å². The van der Waals surface area contributed by atoms with Crippen LogP contribution in [0.15, 0.2) is 30.3 Å². The highest BCUT2D eigenvalue weighted by Crippen LogP contribution is 2.32. The van der Waals surface area contributed by atoms with Crippen LogP contribution in [0.1, 0.15) is 23.2 Å². The van der Waals surface area contributed by atoms with E-state index < -0.39 is 34.6 Å². The molecule has 0 spiro atoms. The molecule has 5 nitrogen and oxygen atoms in total. The molecule has 2 fully saturated rings. The number of carbonyl (C=O) groups is 1. The van der Waals surface area contributed by atoms with Gasteiger partial charge in [-0.3, -0.25) is 4.79 Å². The molecule has 29 heavy (non-hydrogen) atoms. The van der Waals surface area contributed by atoms with E-state index in [-0.39, 0.29) is 24.3 Å². The molecule has 154 valence electrons. The van der Waals surface area contributed by atoms with E-state index in [1.54, 1.807) is 6.07 Å². The largest absolute Gasteiger partial charge is 0.385 e. The van der Waals surface area contributed by atoms with Gasteiger partial charge in [-0.25, -0.2) is 13.2 Å². The van der Waals surface area contributed by atoms with Crippen LogP contribution in [0.2, 0.25) is 0 Å². The molecule has 1 aliphatic heterocycles. The van der Waals surface area contributed by atoms with Crippen LogP contribution in [0.5, 0.6) is 0 Å². The van der Waals surface area contributed by atoms with E-state index in [0.29, 0.717) is 16.2 Å². The number of nitrogens with zero attached hydrogens (tertiary/aromatic N) is 1. The maximum absolute atomic E-state index is 14.5. The van der Waals surface area contributed by atoms with E-state index >= 15 is 0 Å². The zero-order valence-corrected chi connectivity index (χ0v) is 17.5. The standard InChI is InChI=1S/C20H19F3IN3O2/c21-14-5-4-13(18(17(14)23)26-16-6-1-11(24)7-15(16)22)19(28)27-9-20(29,10-27)8-25-12-2-3-12/h1,4-7,12,25-26,29H,2-3,8-10H2. The molecule has 1 amide bonds. The molecule has 2 aromatic rings. The quantitative estimate of drug-likeness (QED) is 0.515. The van der Waals surface area contributed by atoms with E-state index in [9.17, 15) is 23.1 Å². The Morgan fingerprint density at radius 3 is 2.55 bits per heavy atom. The monoisotopic (exact) mass is 517 g/mol. The predicted molar refractivity (Wildman–Crippen MR) is 111 cm³/mol. The number of benzene rings is 2. The lowest BCUT2D eigenvalue weighted by Gasteiger charge is -2.46. The molecular weight excluding hydrogens is 498 g/mol. The lowest BCUT2D eigenvalue weighted by molar-refractivity contribution is -0.0787. The van der Waals surface area contributed by atoms with Crippen LogP contribution < -0.4 is 10.6 Å². The molecule has 2 aromatic carbocycles. The number of nitrogens with one attached hydrogen (secondary N) is 2. The predicted octanol–water partition coefficient (Wildman–Crippen LogP) is 3.39. The fourth-order valence-corrected chi connectivity index (χ4v) is 3.74. The lowest BCUT2D eigenvalue weighted by atomic mass is 9.92. The number of aliphatic hydroxyl groups is 1. The van der Waals surface area contributed by atoms with E-state index in [1.165, 1.54) is 17.0 Å². The zero-order chi connectivity index (χ0) is 20.8. The number of carbonyl (C=O) groups excluding carboxylic acids is 1. The van der Waals surface area contributed by atoms with Crippen LogP contribution in [0.25, 0.3) is 0 Å². The average Bonchev–Trinajstić information content (AvgIpc) is 3.47. The van der Waals surface area contributed by atoms with Crippen molar-refractivity contribution in [1.29, 1.82) is 0 Å². The third-order valence-corrected chi connectivity index (χ3v) is 5.74. The summed E-state index contributed by atoms with van der Waals surface area (Å²) in [5.41, 5.74) is -1.66. The second kappa shape index (κ2) is 7.77. The van der Waals surface area contributed by atoms with Crippen molar-refractivity contribution in [2.75, 3.05) is 25.0 Å². The Morgan fingerprint density at radius 2 is 1.90 bits per heavy atom. The molecule has 1 saturated carbocycles. The van der Waals surface area contributed by atoms with E-state index in [1.807, 2.05) is 22.6 Å². The summed E-state index contributed by atoms with van der Waals surface area (Å²) in [6.07, 6.45) is 2.16. The summed E-state index contributed by atoms with van der Waals surface area (Å²) in [6, 6.07) is 6.68. The van der Waals surface area contributed by atoms with Gasteiger partial charge in [-0.05, 0) is 65.8 Å². The number of hydrogen-bond acceptors (Lipinski definition) is 4. The molecule has 1 heterocycles. The summed E-state index contributed by atoms with van der Waals surface area (Å²) in [5, 5.41) is 16.2. The van der Waals surface area contributed by atoms with Gasteiger partial charge in [-0.2, -0.15) is 0 Å². The maximum Gasteiger partial charge on any atom is 0.256 e. The second-order valence-electron chi connectivity index (χ2n) is 7.57. The Hall–Kier alpha value is -1.85. The van der Waals surface area contributed by atoms with Crippen LogP contribution >= 0.6 is 22.6 Å².